The number of carbonyl (C=O) groups is 2. The molecule has 7 heteroatoms. The van der Waals surface area contributed by atoms with Crippen molar-refractivity contribution < 1.29 is 19.4 Å². The van der Waals surface area contributed by atoms with E-state index in [1.807, 2.05) is 0 Å². The molecular formula is C12H17N3O4. The summed E-state index contributed by atoms with van der Waals surface area (Å²) >= 11 is 0. The number of urea groups is 1. The molecule has 19 heavy (non-hydrogen) atoms. The van der Waals surface area contributed by atoms with Crippen molar-refractivity contribution in [1.29, 1.82) is 0 Å². The second-order valence-corrected chi connectivity index (χ2v) is 4.44. The lowest BCUT2D eigenvalue weighted by Gasteiger charge is -2.21. The Morgan fingerprint density at radius 2 is 2.16 bits per heavy atom. The number of amides is 2. The van der Waals surface area contributed by atoms with E-state index >= 15 is 0 Å². The number of carbonyl (C=O) groups excluding carboxylic acids is 1. The maximum Gasteiger partial charge on any atom is 0.328 e. The molecule has 1 aromatic heterocycles. The highest BCUT2D eigenvalue weighted by Gasteiger charge is 2.28. The topological polar surface area (TPSA) is 101 Å². The van der Waals surface area contributed by atoms with E-state index < -0.39 is 17.5 Å². The van der Waals surface area contributed by atoms with Crippen LogP contribution in [-0.4, -0.2) is 34.7 Å². The molecule has 1 aromatic rings. The van der Waals surface area contributed by atoms with Crippen LogP contribution in [0.2, 0.25) is 0 Å². The number of hydrogen-bond acceptors (Lipinski definition) is 4. The van der Waals surface area contributed by atoms with Gasteiger partial charge < -0.3 is 20.5 Å². The Morgan fingerprint density at radius 1 is 1.47 bits per heavy atom. The summed E-state index contributed by atoms with van der Waals surface area (Å²) in [7, 11) is 1.50. The van der Waals surface area contributed by atoms with Gasteiger partial charge in [-0.15, -0.1) is 0 Å². The standard InChI is InChI=1S/C12H17N3O4/c1-12(2,10(16)17)15-11(18)14-7-8-4-5-13-9(6-8)19-3/h4-6H,7H2,1-3H3,(H,16,17)(H2,14,15,18). The van der Waals surface area contributed by atoms with E-state index in [2.05, 4.69) is 15.6 Å². The Balaban J connectivity index is 2.52. The number of methoxy groups -OCH3 is 1. The SMILES string of the molecule is COc1cc(CNC(=O)NC(C)(C)C(=O)O)ccn1. The molecule has 0 aromatic carbocycles. The van der Waals surface area contributed by atoms with Crippen LogP contribution in [0.5, 0.6) is 5.88 Å². The highest BCUT2D eigenvalue weighted by atomic mass is 16.5. The summed E-state index contributed by atoms with van der Waals surface area (Å²) in [5.74, 6) is -0.654. The third kappa shape index (κ3) is 4.46. The summed E-state index contributed by atoms with van der Waals surface area (Å²) in [6.45, 7) is 3.06. The number of pyridine rings is 1. The molecule has 0 spiro atoms. The molecule has 3 N–H and O–H groups in total. The first-order chi connectivity index (χ1) is 8.85. The van der Waals surface area contributed by atoms with Gasteiger partial charge in [0, 0.05) is 18.8 Å². The fourth-order valence-corrected chi connectivity index (χ4v) is 1.24. The van der Waals surface area contributed by atoms with Crippen molar-refractivity contribution >= 4 is 12.0 Å². The van der Waals surface area contributed by atoms with Gasteiger partial charge in [0.05, 0.1) is 7.11 Å². The fraction of sp³-hybridized carbons (Fsp3) is 0.417. The molecule has 0 aliphatic rings. The van der Waals surface area contributed by atoms with E-state index in [-0.39, 0.29) is 6.54 Å². The zero-order chi connectivity index (χ0) is 14.5. The third-order valence-corrected chi connectivity index (χ3v) is 2.42. The molecule has 104 valence electrons. The van der Waals surface area contributed by atoms with Crippen molar-refractivity contribution in [3.8, 4) is 5.88 Å². The van der Waals surface area contributed by atoms with Crippen molar-refractivity contribution in [1.82, 2.24) is 15.6 Å². The Kier molecular flexibility index (Phi) is 4.68. The number of nitrogens with zero attached hydrogens (tertiary/aromatic N) is 1. The zero-order valence-electron chi connectivity index (χ0n) is 11.1. The van der Waals surface area contributed by atoms with Gasteiger partial charge in [0.25, 0.3) is 0 Å². The van der Waals surface area contributed by atoms with Crippen LogP contribution in [0.15, 0.2) is 18.3 Å². The molecule has 0 fully saturated rings. The van der Waals surface area contributed by atoms with Crippen molar-refractivity contribution in [3.63, 3.8) is 0 Å². The smallest absolute Gasteiger partial charge is 0.328 e. The summed E-state index contributed by atoms with van der Waals surface area (Å²) in [6, 6.07) is 2.86. The van der Waals surface area contributed by atoms with Crippen LogP contribution in [-0.2, 0) is 11.3 Å². The highest BCUT2D eigenvalue weighted by Crippen LogP contribution is 2.08. The van der Waals surface area contributed by atoms with Crippen LogP contribution in [0.3, 0.4) is 0 Å². The quantitative estimate of drug-likeness (QED) is 0.731. The fourth-order valence-electron chi connectivity index (χ4n) is 1.24. The minimum absolute atomic E-state index is 0.250. The first-order valence-electron chi connectivity index (χ1n) is 5.63. The van der Waals surface area contributed by atoms with Crippen molar-refractivity contribution in [2.75, 3.05) is 7.11 Å². The molecule has 0 atom stereocenters. The molecule has 1 heterocycles. The summed E-state index contributed by atoms with van der Waals surface area (Å²) in [6.07, 6.45) is 1.56. The zero-order valence-corrected chi connectivity index (χ0v) is 11.1. The Morgan fingerprint density at radius 3 is 2.74 bits per heavy atom. The number of aliphatic carboxylic acids is 1. The molecule has 2 amide bonds. The van der Waals surface area contributed by atoms with Gasteiger partial charge in [0.1, 0.15) is 5.54 Å². The molecule has 1 rings (SSSR count). The molecule has 0 aliphatic carbocycles. The number of hydrogen-bond donors (Lipinski definition) is 3. The Hall–Kier alpha value is -2.31. The van der Waals surface area contributed by atoms with E-state index in [4.69, 9.17) is 9.84 Å². The van der Waals surface area contributed by atoms with Gasteiger partial charge in [-0.1, -0.05) is 0 Å². The summed E-state index contributed by atoms with van der Waals surface area (Å²) in [5.41, 5.74) is -0.518. The van der Waals surface area contributed by atoms with Gasteiger partial charge in [0.15, 0.2) is 0 Å². The van der Waals surface area contributed by atoms with Gasteiger partial charge in [0.2, 0.25) is 5.88 Å². The molecule has 0 saturated heterocycles. The monoisotopic (exact) mass is 267 g/mol. The van der Waals surface area contributed by atoms with Crippen molar-refractivity contribution in [3.05, 3.63) is 23.9 Å². The number of rotatable bonds is 5. The van der Waals surface area contributed by atoms with Gasteiger partial charge in [-0.05, 0) is 25.5 Å². The van der Waals surface area contributed by atoms with Gasteiger partial charge in [-0.25, -0.2) is 14.6 Å². The largest absolute Gasteiger partial charge is 0.481 e. The Bertz CT molecular complexity index is 474. The second kappa shape index (κ2) is 6.03. The van der Waals surface area contributed by atoms with E-state index in [1.54, 1.807) is 18.3 Å². The maximum atomic E-state index is 11.6. The van der Waals surface area contributed by atoms with E-state index in [1.165, 1.54) is 21.0 Å². The predicted molar refractivity (Wildman–Crippen MR) is 67.9 cm³/mol. The van der Waals surface area contributed by atoms with Gasteiger partial charge in [-0.2, -0.15) is 0 Å². The van der Waals surface area contributed by atoms with Gasteiger partial charge in [-0.3, -0.25) is 0 Å². The minimum atomic E-state index is -1.32. The van der Waals surface area contributed by atoms with Crippen LogP contribution in [0.4, 0.5) is 4.79 Å². The maximum absolute atomic E-state index is 11.6. The summed E-state index contributed by atoms with van der Waals surface area (Å²) in [5, 5.41) is 13.8. The number of nitrogens with one attached hydrogen (secondary N) is 2. The number of aromatic nitrogens is 1. The molecule has 0 radical (unpaired) electrons. The van der Waals surface area contributed by atoms with Crippen LogP contribution in [0.25, 0.3) is 0 Å². The molecule has 0 saturated carbocycles. The van der Waals surface area contributed by atoms with Crippen LogP contribution < -0.4 is 15.4 Å². The normalized spacial score (nSPS) is 10.7. The number of carboxylic acid groups (broad SMARTS) is 1. The lowest BCUT2D eigenvalue weighted by atomic mass is 10.1. The van der Waals surface area contributed by atoms with Crippen LogP contribution >= 0.6 is 0 Å². The third-order valence-electron chi connectivity index (χ3n) is 2.42. The van der Waals surface area contributed by atoms with Crippen LogP contribution in [0.1, 0.15) is 19.4 Å². The number of ether oxygens (including phenoxy) is 1. The van der Waals surface area contributed by atoms with Crippen molar-refractivity contribution in [2.45, 2.75) is 25.9 Å². The summed E-state index contributed by atoms with van der Waals surface area (Å²) < 4.78 is 4.96. The van der Waals surface area contributed by atoms with Crippen molar-refractivity contribution in [2.24, 2.45) is 0 Å². The van der Waals surface area contributed by atoms with E-state index in [0.29, 0.717) is 5.88 Å². The molecule has 0 bridgehead atoms. The minimum Gasteiger partial charge on any atom is -0.481 e. The van der Waals surface area contributed by atoms with E-state index in [9.17, 15) is 9.59 Å². The highest BCUT2D eigenvalue weighted by molar-refractivity contribution is 5.85. The first-order valence-corrected chi connectivity index (χ1v) is 5.63. The Labute approximate surface area is 111 Å². The second-order valence-electron chi connectivity index (χ2n) is 4.44. The summed E-state index contributed by atoms with van der Waals surface area (Å²) in [4.78, 5) is 26.3. The number of carboxylic acids is 1. The molecule has 7 nitrogen and oxygen atoms in total. The molecular weight excluding hydrogens is 250 g/mol. The average Bonchev–Trinajstić information content (AvgIpc) is 2.36. The predicted octanol–water partition coefficient (Wildman–Crippen LogP) is 0.753. The lowest BCUT2D eigenvalue weighted by Crippen LogP contribution is -2.52. The average molecular weight is 267 g/mol. The molecule has 0 unspecified atom stereocenters. The lowest BCUT2D eigenvalue weighted by molar-refractivity contribution is -0.142. The first kappa shape index (κ1) is 14.7. The van der Waals surface area contributed by atoms with Crippen LogP contribution in [0, 0.1) is 0 Å². The van der Waals surface area contributed by atoms with Gasteiger partial charge >= 0.3 is 12.0 Å². The molecule has 0 aliphatic heterocycles. The van der Waals surface area contributed by atoms with E-state index in [0.717, 1.165) is 5.56 Å².